The summed E-state index contributed by atoms with van der Waals surface area (Å²) in [6.07, 6.45) is 34.1. The maximum atomic E-state index is 12.8. The topological polar surface area (TPSA) is 66.0 Å². The Balaban J connectivity index is 4.57. The van der Waals surface area contributed by atoms with Gasteiger partial charge in [0.15, 0.2) is 12.6 Å². The van der Waals surface area contributed by atoms with E-state index in [1.54, 1.807) is 0 Å². The molecule has 0 bridgehead atoms. The molecule has 218 valence electrons. The molecule has 0 fully saturated rings. The van der Waals surface area contributed by atoms with Gasteiger partial charge in [-0.25, -0.2) is 0 Å². The summed E-state index contributed by atoms with van der Waals surface area (Å²) in [4.78, 5) is 12.8. The van der Waals surface area contributed by atoms with E-state index in [1.807, 2.05) is 11.8 Å². The van der Waals surface area contributed by atoms with Crippen molar-refractivity contribution >= 4 is 17.7 Å². The second-order valence-electron chi connectivity index (χ2n) is 9.20. The molecule has 39 heavy (non-hydrogen) atoms. The van der Waals surface area contributed by atoms with Crippen LogP contribution in [-0.4, -0.2) is 62.5 Å². The highest BCUT2D eigenvalue weighted by molar-refractivity contribution is 7.99. The van der Waals surface area contributed by atoms with Crippen LogP contribution < -0.4 is 5.32 Å². The molecule has 0 aromatic carbocycles. The third-order valence-corrected chi connectivity index (χ3v) is 6.92. The fourth-order valence-electron chi connectivity index (χ4n) is 3.87. The molecule has 0 rings (SSSR count). The zero-order valence-electron chi connectivity index (χ0n) is 23.9. The number of carbonyl (C=O) groups excluding carboxylic acids is 1. The molecule has 0 aliphatic carbocycles. The van der Waals surface area contributed by atoms with Crippen LogP contribution >= 0.6 is 11.8 Å². The van der Waals surface area contributed by atoms with E-state index in [1.165, 1.54) is 64.2 Å². The largest absolute Gasteiger partial charge is 0.353 e. The van der Waals surface area contributed by atoms with Crippen molar-refractivity contribution in [1.82, 2.24) is 5.32 Å². The summed E-state index contributed by atoms with van der Waals surface area (Å²) in [6, 6.07) is -0.398. The zero-order chi connectivity index (χ0) is 28.8. The first kappa shape index (κ1) is 36.9. The third kappa shape index (κ3) is 24.7. The maximum absolute atomic E-state index is 12.8. The molecule has 0 aliphatic heterocycles. The molecule has 0 aliphatic rings. The van der Waals surface area contributed by atoms with E-state index in [2.05, 4.69) is 35.9 Å². The number of unbranched alkanes of at least 4 members (excludes halogenated alkanes) is 9. The molecule has 1 N–H and O–H groups in total. The quantitative estimate of drug-likeness (QED) is 0.0809. The summed E-state index contributed by atoms with van der Waals surface area (Å²) >= 11 is 1.81. The van der Waals surface area contributed by atoms with Gasteiger partial charge in [0, 0.05) is 31.1 Å². The van der Waals surface area contributed by atoms with Crippen molar-refractivity contribution in [3.05, 3.63) is 0 Å². The van der Waals surface area contributed by atoms with Crippen molar-refractivity contribution in [2.24, 2.45) is 0 Å². The number of terminal acetylenes is 4. The fraction of sp³-hybridized carbons (Fsp3) is 0.719. The number of hydrogen-bond acceptors (Lipinski definition) is 6. The molecular formula is C32H49NO5S. The van der Waals surface area contributed by atoms with Gasteiger partial charge < -0.3 is 24.3 Å². The van der Waals surface area contributed by atoms with Gasteiger partial charge in [-0.15, -0.1) is 25.7 Å². The molecule has 0 saturated carbocycles. The Morgan fingerprint density at radius 3 is 1.49 bits per heavy atom. The van der Waals surface area contributed by atoms with Crippen LogP contribution in [0.4, 0.5) is 0 Å². The second-order valence-corrected chi connectivity index (χ2v) is 10.4. The zero-order valence-corrected chi connectivity index (χ0v) is 24.7. The molecular weight excluding hydrogens is 510 g/mol. The number of thioether (sulfide) groups is 1. The van der Waals surface area contributed by atoms with Gasteiger partial charge in [0.2, 0.25) is 5.91 Å². The van der Waals surface area contributed by atoms with Crippen LogP contribution in [-0.2, 0) is 23.7 Å². The van der Waals surface area contributed by atoms with Gasteiger partial charge in [-0.1, -0.05) is 88.4 Å². The summed E-state index contributed by atoms with van der Waals surface area (Å²) in [5, 5.41) is 3.05. The van der Waals surface area contributed by atoms with Crippen molar-refractivity contribution in [2.45, 2.75) is 109 Å². The molecule has 0 aromatic rings. The smallest absolute Gasteiger partial charge is 0.221 e. The van der Waals surface area contributed by atoms with Crippen LogP contribution in [0.2, 0.25) is 0 Å². The Morgan fingerprint density at radius 1 is 0.667 bits per heavy atom. The lowest BCUT2D eigenvalue weighted by atomic mass is 10.1. The minimum atomic E-state index is -0.700. The van der Waals surface area contributed by atoms with Crippen LogP contribution in [0.1, 0.15) is 90.4 Å². The Bertz CT molecular complexity index is 682. The van der Waals surface area contributed by atoms with E-state index in [-0.39, 0.29) is 32.3 Å². The van der Waals surface area contributed by atoms with Crippen molar-refractivity contribution in [3.8, 4) is 49.4 Å². The molecule has 0 atom stereocenters. The highest BCUT2D eigenvalue weighted by Gasteiger charge is 2.24. The van der Waals surface area contributed by atoms with Crippen molar-refractivity contribution in [1.29, 1.82) is 0 Å². The van der Waals surface area contributed by atoms with Crippen molar-refractivity contribution in [3.63, 3.8) is 0 Å². The lowest BCUT2D eigenvalue weighted by Crippen LogP contribution is -2.42. The van der Waals surface area contributed by atoms with E-state index in [0.29, 0.717) is 19.3 Å². The highest BCUT2D eigenvalue weighted by atomic mass is 32.2. The number of nitrogens with one attached hydrogen (secondary N) is 1. The Hall–Kier alpha value is -2.10. The van der Waals surface area contributed by atoms with E-state index in [9.17, 15) is 4.79 Å². The summed E-state index contributed by atoms with van der Waals surface area (Å²) in [5.74, 6) is 11.4. The minimum absolute atomic E-state index is 0.0517. The van der Waals surface area contributed by atoms with Crippen LogP contribution in [0.3, 0.4) is 0 Å². The monoisotopic (exact) mass is 559 g/mol. The maximum Gasteiger partial charge on any atom is 0.221 e. The first-order valence-corrected chi connectivity index (χ1v) is 15.3. The number of hydrogen-bond donors (Lipinski definition) is 1. The van der Waals surface area contributed by atoms with Crippen LogP contribution in [0.15, 0.2) is 0 Å². The fourth-order valence-corrected chi connectivity index (χ4v) is 4.81. The predicted molar refractivity (Wildman–Crippen MR) is 162 cm³/mol. The Morgan fingerprint density at radius 2 is 1.08 bits per heavy atom. The molecule has 0 spiro atoms. The predicted octanol–water partition coefficient (Wildman–Crippen LogP) is 5.55. The van der Waals surface area contributed by atoms with Crippen LogP contribution in [0.5, 0.6) is 0 Å². The van der Waals surface area contributed by atoms with E-state index >= 15 is 0 Å². The van der Waals surface area contributed by atoms with Gasteiger partial charge in [0.25, 0.3) is 0 Å². The van der Waals surface area contributed by atoms with E-state index < -0.39 is 18.6 Å². The number of ether oxygens (including phenoxy) is 4. The van der Waals surface area contributed by atoms with Gasteiger partial charge in [-0.05, 0) is 12.2 Å². The van der Waals surface area contributed by atoms with Gasteiger partial charge in [0.05, 0.1) is 0 Å². The highest BCUT2D eigenvalue weighted by Crippen LogP contribution is 2.15. The van der Waals surface area contributed by atoms with Gasteiger partial charge in [-0.3, -0.25) is 4.79 Å². The summed E-state index contributed by atoms with van der Waals surface area (Å²) in [7, 11) is 0. The number of rotatable bonds is 27. The lowest BCUT2D eigenvalue weighted by molar-refractivity contribution is -0.152. The van der Waals surface area contributed by atoms with Gasteiger partial charge >= 0.3 is 0 Å². The SMILES string of the molecule is C#CCOC(CC(CC(OCC#C)OCC#C)NC(=O)CCSCCCCCCCCCCCC)OCC#C. The van der Waals surface area contributed by atoms with E-state index in [4.69, 9.17) is 44.6 Å². The summed E-state index contributed by atoms with van der Waals surface area (Å²) < 4.78 is 22.3. The average molecular weight is 560 g/mol. The molecule has 0 saturated heterocycles. The minimum Gasteiger partial charge on any atom is -0.353 e. The first-order valence-electron chi connectivity index (χ1n) is 14.2. The number of carbonyl (C=O) groups is 1. The Kier molecular flexibility index (Phi) is 27.3. The number of amides is 1. The van der Waals surface area contributed by atoms with Gasteiger partial charge in [-0.2, -0.15) is 11.8 Å². The molecule has 0 aromatic heterocycles. The summed E-state index contributed by atoms with van der Waals surface area (Å²) in [5.41, 5.74) is 0. The lowest BCUT2D eigenvalue weighted by Gasteiger charge is -2.27. The van der Waals surface area contributed by atoms with Crippen LogP contribution in [0, 0.1) is 49.4 Å². The standard InChI is InChI=1S/C32H49NO5S/c1-6-11-12-13-14-15-16-17-18-19-25-39-26-20-30(34)33-29(27-31(35-21-7-2)36-22-8-3)28-32(37-23-9-4)38-24-10-5/h2-5,29,31-32H,6,11-28H2,1H3,(H,33,34). The van der Waals surface area contributed by atoms with Crippen molar-refractivity contribution in [2.75, 3.05) is 37.9 Å². The van der Waals surface area contributed by atoms with E-state index in [0.717, 1.165) is 11.5 Å². The second kappa shape index (κ2) is 28.9. The molecule has 0 radical (unpaired) electrons. The third-order valence-electron chi connectivity index (χ3n) is 5.84. The molecule has 0 unspecified atom stereocenters. The molecule has 1 amide bonds. The first-order chi connectivity index (χ1) is 19.1. The van der Waals surface area contributed by atoms with Crippen LogP contribution in [0.25, 0.3) is 0 Å². The molecule has 0 heterocycles. The molecule has 7 heteroatoms. The average Bonchev–Trinajstić information content (AvgIpc) is 2.93. The van der Waals surface area contributed by atoms with Crippen molar-refractivity contribution < 1.29 is 23.7 Å². The van der Waals surface area contributed by atoms with Gasteiger partial charge in [0.1, 0.15) is 26.4 Å². The summed E-state index contributed by atoms with van der Waals surface area (Å²) in [6.45, 7) is 2.46. The Labute approximate surface area is 242 Å². The normalized spacial score (nSPS) is 10.8. The molecule has 6 nitrogen and oxygen atoms in total.